The normalized spacial score (nSPS) is 19.6. The Bertz CT molecular complexity index is 899. The van der Waals surface area contributed by atoms with E-state index in [2.05, 4.69) is 20.2 Å². The van der Waals surface area contributed by atoms with E-state index >= 15 is 0 Å². The van der Waals surface area contributed by atoms with Crippen molar-refractivity contribution in [2.24, 2.45) is 0 Å². The fourth-order valence-corrected chi connectivity index (χ4v) is 3.96. The van der Waals surface area contributed by atoms with Gasteiger partial charge in [-0.25, -0.2) is 9.97 Å². The lowest BCUT2D eigenvalue weighted by Gasteiger charge is -2.30. The van der Waals surface area contributed by atoms with Crippen LogP contribution in [0.1, 0.15) is 40.8 Å². The number of hydrogen-bond acceptors (Lipinski definition) is 6. The van der Waals surface area contributed by atoms with Crippen molar-refractivity contribution in [1.29, 1.82) is 0 Å². The van der Waals surface area contributed by atoms with Crippen molar-refractivity contribution in [3.63, 3.8) is 0 Å². The Morgan fingerprint density at radius 2 is 1.93 bits per heavy atom. The van der Waals surface area contributed by atoms with Gasteiger partial charge in [0, 0.05) is 31.5 Å². The van der Waals surface area contributed by atoms with Crippen molar-refractivity contribution in [3.8, 4) is 0 Å². The molecule has 8 nitrogen and oxygen atoms in total. The van der Waals surface area contributed by atoms with Crippen LogP contribution in [0.25, 0.3) is 0 Å². The summed E-state index contributed by atoms with van der Waals surface area (Å²) in [5, 5.41) is 2.86. The molecule has 8 heteroatoms. The molecule has 0 radical (unpaired) electrons. The van der Waals surface area contributed by atoms with Gasteiger partial charge in [-0.2, -0.15) is 0 Å². The zero-order chi connectivity index (χ0) is 20.9. The van der Waals surface area contributed by atoms with Gasteiger partial charge in [0.1, 0.15) is 0 Å². The van der Waals surface area contributed by atoms with Crippen molar-refractivity contribution < 1.29 is 14.3 Å². The van der Waals surface area contributed by atoms with Crippen molar-refractivity contribution in [2.75, 3.05) is 44.7 Å². The Labute approximate surface area is 176 Å². The largest absolute Gasteiger partial charge is 0.379 e. The highest BCUT2D eigenvalue weighted by Crippen LogP contribution is 2.30. The van der Waals surface area contributed by atoms with Gasteiger partial charge in [-0.3, -0.25) is 14.5 Å². The molecule has 1 aromatic heterocycles. The molecule has 2 fully saturated rings. The maximum Gasteiger partial charge on any atom is 0.259 e. The number of hydrogen-bond donors (Lipinski definition) is 1. The number of para-hydroxylation sites is 1. The van der Waals surface area contributed by atoms with Gasteiger partial charge in [-0.05, 0) is 31.9 Å². The van der Waals surface area contributed by atoms with Crippen molar-refractivity contribution in [1.82, 2.24) is 19.8 Å². The van der Waals surface area contributed by atoms with E-state index in [1.54, 1.807) is 13.1 Å². The van der Waals surface area contributed by atoms with Crippen LogP contribution in [0.3, 0.4) is 0 Å². The van der Waals surface area contributed by atoms with Gasteiger partial charge in [0.05, 0.1) is 37.1 Å². The summed E-state index contributed by atoms with van der Waals surface area (Å²) >= 11 is 0. The third kappa shape index (κ3) is 4.66. The first-order chi connectivity index (χ1) is 14.6. The van der Waals surface area contributed by atoms with Gasteiger partial charge in [0.15, 0.2) is 5.82 Å². The van der Waals surface area contributed by atoms with Crippen molar-refractivity contribution in [2.45, 2.75) is 25.8 Å². The number of aryl methyl sites for hydroxylation is 1. The monoisotopic (exact) mass is 409 g/mol. The molecule has 0 aliphatic carbocycles. The molecule has 3 heterocycles. The number of benzene rings is 1. The Morgan fingerprint density at radius 3 is 2.67 bits per heavy atom. The number of morpholine rings is 1. The topological polar surface area (TPSA) is 87.7 Å². The van der Waals surface area contributed by atoms with Gasteiger partial charge in [0.25, 0.3) is 5.91 Å². The Kier molecular flexibility index (Phi) is 6.35. The van der Waals surface area contributed by atoms with Gasteiger partial charge in [-0.1, -0.05) is 18.2 Å². The van der Waals surface area contributed by atoms with Crippen LogP contribution in [0.2, 0.25) is 0 Å². The van der Waals surface area contributed by atoms with Crippen molar-refractivity contribution in [3.05, 3.63) is 53.6 Å². The van der Waals surface area contributed by atoms with E-state index < -0.39 is 0 Å². The minimum absolute atomic E-state index is 0.103. The van der Waals surface area contributed by atoms with Crippen LogP contribution in [-0.2, 0) is 9.53 Å². The zero-order valence-corrected chi connectivity index (χ0v) is 17.2. The number of carbonyl (C=O) groups is 2. The smallest absolute Gasteiger partial charge is 0.259 e. The number of nitrogens with zero attached hydrogens (tertiary/aromatic N) is 4. The second-order valence-corrected chi connectivity index (χ2v) is 7.68. The quantitative estimate of drug-likeness (QED) is 0.813. The molecule has 1 atom stereocenters. The summed E-state index contributed by atoms with van der Waals surface area (Å²) in [6, 6.07) is 9.16. The molecule has 2 aliphatic heterocycles. The summed E-state index contributed by atoms with van der Waals surface area (Å²) in [6.07, 6.45) is 3.33. The molecule has 0 unspecified atom stereocenters. The van der Waals surface area contributed by atoms with Crippen LogP contribution in [0.4, 0.5) is 5.69 Å². The first kappa shape index (κ1) is 20.4. The lowest BCUT2D eigenvalue weighted by Crippen LogP contribution is -2.44. The number of aromatic nitrogens is 2. The van der Waals surface area contributed by atoms with Crippen LogP contribution in [-0.4, -0.2) is 71.0 Å². The fourth-order valence-electron chi connectivity index (χ4n) is 3.96. The van der Waals surface area contributed by atoms with E-state index in [9.17, 15) is 9.59 Å². The van der Waals surface area contributed by atoms with Gasteiger partial charge in [0.2, 0.25) is 5.91 Å². The van der Waals surface area contributed by atoms with Gasteiger partial charge in [-0.15, -0.1) is 0 Å². The summed E-state index contributed by atoms with van der Waals surface area (Å²) in [6.45, 7) is 5.83. The molecule has 158 valence electrons. The SMILES string of the molecule is Cc1nc([C@@H]2CCCN2C(=O)CN2CCOCC2)ncc1C(=O)Nc1ccccc1. The molecule has 1 aromatic carbocycles. The molecule has 2 amide bonds. The highest BCUT2D eigenvalue weighted by Gasteiger charge is 2.33. The van der Waals surface area contributed by atoms with Gasteiger partial charge < -0.3 is 15.0 Å². The molecule has 2 saturated heterocycles. The second-order valence-electron chi connectivity index (χ2n) is 7.68. The summed E-state index contributed by atoms with van der Waals surface area (Å²) in [7, 11) is 0. The summed E-state index contributed by atoms with van der Waals surface area (Å²) in [4.78, 5) is 38.5. The Hall–Kier alpha value is -2.84. The molecule has 2 aliphatic rings. The predicted molar refractivity (Wildman–Crippen MR) is 112 cm³/mol. The number of likely N-dealkylation sites (tertiary alicyclic amines) is 1. The highest BCUT2D eigenvalue weighted by atomic mass is 16.5. The van der Waals surface area contributed by atoms with Crippen LogP contribution < -0.4 is 5.32 Å². The Morgan fingerprint density at radius 1 is 1.17 bits per heavy atom. The van der Waals surface area contributed by atoms with E-state index in [4.69, 9.17) is 4.74 Å². The molecule has 0 spiro atoms. The zero-order valence-electron chi connectivity index (χ0n) is 17.2. The maximum absolute atomic E-state index is 12.9. The van der Waals surface area contributed by atoms with Crippen LogP contribution in [0.5, 0.6) is 0 Å². The van der Waals surface area contributed by atoms with Crippen molar-refractivity contribution >= 4 is 17.5 Å². The lowest BCUT2D eigenvalue weighted by atomic mass is 10.1. The number of carbonyl (C=O) groups excluding carboxylic acids is 2. The minimum Gasteiger partial charge on any atom is -0.379 e. The average Bonchev–Trinajstić information content (AvgIpc) is 3.25. The molecule has 2 aromatic rings. The molecular weight excluding hydrogens is 382 g/mol. The van der Waals surface area contributed by atoms with Crippen LogP contribution >= 0.6 is 0 Å². The Balaban J connectivity index is 1.44. The molecule has 0 saturated carbocycles. The maximum atomic E-state index is 12.9. The van der Waals surface area contributed by atoms with E-state index in [-0.39, 0.29) is 17.9 Å². The first-order valence-electron chi connectivity index (χ1n) is 10.4. The number of anilines is 1. The van der Waals surface area contributed by atoms with Crippen LogP contribution in [0, 0.1) is 6.92 Å². The third-order valence-electron chi connectivity index (χ3n) is 5.61. The lowest BCUT2D eigenvalue weighted by molar-refractivity contribution is -0.134. The minimum atomic E-state index is -0.239. The molecule has 4 rings (SSSR count). The van der Waals surface area contributed by atoms with E-state index in [1.165, 1.54) is 0 Å². The number of amides is 2. The average molecular weight is 409 g/mol. The standard InChI is InChI=1S/C22H27N5O3/c1-16-18(22(29)25-17-6-3-2-4-7-17)14-23-21(24-16)19-8-5-9-27(19)20(28)15-26-10-12-30-13-11-26/h2-4,6-7,14,19H,5,8-13,15H2,1H3,(H,25,29)/t19-/m0/s1. The third-order valence-corrected chi connectivity index (χ3v) is 5.61. The van der Waals surface area contributed by atoms with E-state index in [0.29, 0.717) is 43.4 Å². The predicted octanol–water partition coefficient (Wildman–Crippen LogP) is 2.03. The molecule has 0 bridgehead atoms. The molecule has 1 N–H and O–H groups in total. The molecule has 30 heavy (non-hydrogen) atoms. The second kappa shape index (κ2) is 9.32. The van der Waals surface area contributed by atoms with E-state index in [1.807, 2.05) is 35.2 Å². The molecular formula is C22H27N5O3. The number of ether oxygens (including phenoxy) is 1. The van der Waals surface area contributed by atoms with Gasteiger partial charge >= 0.3 is 0 Å². The summed E-state index contributed by atoms with van der Waals surface area (Å²) in [5.74, 6) is 0.472. The first-order valence-corrected chi connectivity index (χ1v) is 10.4. The fraction of sp³-hybridized carbons (Fsp3) is 0.455. The highest BCUT2D eigenvalue weighted by molar-refractivity contribution is 6.04. The summed E-state index contributed by atoms with van der Waals surface area (Å²) in [5.41, 5.74) is 1.77. The van der Waals surface area contributed by atoms with Crippen LogP contribution in [0.15, 0.2) is 36.5 Å². The number of rotatable bonds is 5. The summed E-state index contributed by atoms with van der Waals surface area (Å²) < 4.78 is 5.36. The van der Waals surface area contributed by atoms with E-state index in [0.717, 1.165) is 31.6 Å². The number of nitrogens with one attached hydrogen (secondary N) is 1.